The molecule has 0 saturated carbocycles. The summed E-state index contributed by atoms with van der Waals surface area (Å²) in [6.07, 6.45) is 0. The Balaban J connectivity index is 0.000000756. The molecule has 0 N–H and O–H groups in total. The van der Waals surface area contributed by atoms with E-state index in [9.17, 15) is 0 Å². The van der Waals surface area contributed by atoms with Gasteiger partial charge in [0.1, 0.15) is 21.5 Å². The standard InChI is InChI=1S/2C12H21NO.4C12H21NS.3C10H18N2O.C10H18N2S/c2*1-8-9(11(2,3)4)14-10(13-8)12(5,6)7;2*1-8-9(11(2,3)4)13-10(14-8)12(5,6)7;2*1-8-9(11(2,3)4)14-10(13-8)12(5,6)7;1-9(2,3)7-11-12-8(13-7)10(4,5)6;2*1-9(2,3)7-11-8(13-12-7)10(4,5)6;1-9(2,3)7-11-12-8(13-7)10(4,5)6/h6*1-7H3;4*1-6H3. The van der Waals surface area contributed by atoms with E-state index in [1.54, 1.807) is 11.3 Å². The minimum absolute atomic E-state index is 0.00569. The number of rotatable bonds is 0. The number of thiazole rings is 4. The number of oxazole rings is 2. The first-order valence-electron chi connectivity index (χ1n) is 48.9. The molecule has 0 aromatic carbocycles. The molecule has 10 aromatic rings. The molecule has 0 spiro atoms. The highest BCUT2D eigenvalue weighted by molar-refractivity contribution is 7.13. The van der Waals surface area contributed by atoms with Crippen molar-refractivity contribution in [2.24, 2.45) is 0 Å². The third-order valence-electron chi connectivity index (χ3n) is 19.7. The summed E-state index contributed by atoms with van der Waals surface area (Å²) in [5.74, 6) is 8.05. The highest BCUT2D eigenvalue weighted by Gasteiger charge is 2.36. The number of aromatic nitrogens is 14. The van der Waals surface area contributed by atoms with Crippen molar-refractivity contribution in [2.75, 3.05) is 0 Å². The summed E-state index contributed by atoms with van der Waals surface area (Å²) in [5.41, 5.74) is 8.48. The first-order chi connectivity index (χ1) is 59.6. The second-order valence-corrected chi connectivity index (χ2v) is 62.6. The van der Waals surface area contributed by atoms with Gasteiger partial charge in [0, 0.05) is 117 Å². The quantitative estimate of drug-likeness (QED) is 0.137. The molecule has 0 aliphatic rings. The third-order valence-corrected chi connectivity index (χ3v) is 28.3. The van der Waals surface area contributed by atoms with E-state index >= 15 is 0 Å². The van der Waals surface area contributed by atoms with Crippen molar-refractivity contribution in [1.29, 1.82) is 0 Å². The molecule has 0 saturated heterocycles. The van der Waals surface area contributed by atoms with Gasteiger partial charge in [-0.3, -0.25) is 0 Å². The average molecular weight is 1980 g/mol. The van der Waals surface area contributed by atoms with Crippen molar-refractivity contribution >= 4 is 56.7 Å². The maximum atomic E-state index is 5.83. The van der Waals surface area contributed by atoms with Crippen LogP contribution in [0.1, 0.15) is 558 Å². The topological polar surface area (TPSA) is 246 Å². The SMILES string of the molecule is CC(C)(C)c1nnc(C(C)(C)C)o1.CC(C)(C)c1nnc(C(C)(C)C)s1.CC(C)(C)c1noc(C(C)(C)C)n1.CC(C)(C)c1noc(C(C)(C)C)n1.Cc1nc(C(C)(C)C)oc1C(C)(C)C.Cc1nc(C(C)(C)C)oc1C(C)(C)C.Cc1nc(C(C)(C)C)sc1C(C)(C)C.Cc1nc(C(C)(C)C)sc1C(C)(C)C.Cc1sc(C(C)(C)C)nc1C(C)(C)C.Cc1sc(C(C)(C)C)nc1C(C)(C)C. The predicted octanol–water partition coefficient (Wildman–Crippen LogP) is 34.5. The molecular formula is C112H198N14O5S5. The molecule has 0 unspecified atom stereocenters. The van der Waals surface area contributed by atoms with Crippen LogP contribution < -0.4 is 0 Å². The van der Waals surface area contributed by atoms with E-state index in [1.807, 2.05) is 59.2 Å². The molecule has 0 amide bonds. The fourth-order valence-corrected chi connectivity index (χ4v) is 17.5. The van der Waals surface area contributed by atoms with Gasteiger partial charge < -0.3 is 22.3 Å². The average Bonchev–Trinajstić information content (AvgIpc) is 1.66. The van der Waals surface area contributed by atoms with Crippen LogP contribution in [0.3, 0.4) is 0 Å². The maximum absolute atomic E-state index is 5.83. The lowest BCUT2D eigenvalue weighted by atomic mass is 9.91. The zero-order valence-electron chi connectivity index (χ0n) is 99.3. The molecule has 10 aromatic heterocycles. The van der Waals surface area contributed by atoms with E-state index in [0.717, 1.165) is 56.4 Å². The minimum Gasteiger partial charge on any atom is -0.444 e. The van der Waals surface area contributed by atoms with E-state index in [0.29, 0.717) is 23.6 Å². The van der Waals surface area contributed by atoms with Crippen LogP contribution in [-0.2, 0) is 108 Å². The Bertz CT molecular complexity index is 4400. The smallest absolute Gasteiger partial charge is 0.232 e. The van der Waals surface area contributed by atoms with Gasteiger partial charge in [-0.2, -0.15) is 9.97 Å². The second kappa shape index (κ2) is 45.2. The Morgan fingerprint density at radius 2 is 0.397 bits per heavy atom. The van der Waals surface area contributed by atoms with Crippen LogP contribution in [-0.4, -0.2) is 70.6 Å². The Morgan fingerprint density at radius 1 is 0.169 bits per heavy atom. The van der Waals surface area contributed by atoms with Crippen LogP contribution in [0.4, 0.5) is 0 Å². The lowest BCUT2D eigenvalue weighted by Crippen LogP contribution is -2.15. The Labute approximate surface area is 850 Å². The summed E-state index contributed by atoms with van der Waals surface area (Å²) in [6, 6.07) is 0. The lowest BCUT2D eigenvalue weighted by Gasteiger charge is -2.17. The molecule has 19 nitrogen and oxygen atoms in total. The van der Waals surface area contributed by atoms with Crippen LogP contribution in [0, 0.1) is 41.5 Å². The highest BCUT2D eigenvalue weighted by Crippen LogP contribution is 2.42. The fourth-order valence-electron chi connectivity index (χ4n) is 11.8. The third kappa shape index (κ3) is 41.8. The van der Waals surface area contributed by atoms with Crippen molar-refractivity contribution in [3.8, 4) is 0 Å². The summed E-state index contributed by atoms with van der Waals surface area (Å²) in [6.45, 7) is 142. The molecule has 776 valence electrons. The largest absolute Gasteiger partial charge is 0.444 e. The van der Waals surface area contributed by atoms with Crippen molar-refractivity contribution in [3.63, 3.8) is 0 Å². The molecule has 10 rings (SSSR count). The lowest BCUT2D eigenvalue weighted by molar-refractivity contribution is 0.314. The van der Waals surface area contributed by atoms with Crippen LogP contribution in [0.2, 0.25) is 0 Å². The zero-order valence-corrected chi connectivity index (χ0v) is 103. The highest BCUT2D eigenvalue weighted by atomic mass is 32.1. The minimum atomic E-state index is -0.0590. The Morgan fingerprint density at radius 3 is 0.515 bits per heavy atom. The first-order valence-corrected chi connectivity index (χ1v) is 52.9. The molecule has 0 bridgehead atoms. The molecule has 0 aliphatic heterocycles. The monoisotopic (exact) mass is 1980 g/mol. The van der Waals surface area contributed by atoms with Gasteiger partial charge in [0.15, 0.2) is 23.4 Å². The van der Waals surface area contributed by atoms with Gasteiger partial charge in [-0.1, -0.05) is 426 Å². The summed E-state index contributed by atoms with van der Waals surface area (Å²) in [5, 5.41) is 31.7. The van der Waals surface area contributed by atoms with Gasteiger partial charge in [-0.25, -0.2) is 29.9 Å². The molecule has 0 fully saturated rings. The second-order valence-electron chi connectivity index (χ2n) is 57.3. The molecule has 10 heterocycles. The number of aryl methyl sites for hydroxylation is 6. The van der Waals surface area contributed by atoms with E-state index < -0.39 is 0 Å². The van der Waals surface area contributed by atoms with Crippen molar-refractivity contribution in [1.82, 2.24) is 70.6 Å². The van der Waals surface area contributed by atoms with Crippen LogP contribution in [0.25, 0.3) is 0 Å². The normalized spacial score (nSPS) is 13.4. The zero-order chi connectivity index (χ0) is 108. The number of nitrogens with zero attached hydrogens (tertiary/aromatic N) is 14. The van der Waals surface area contributed by atoms with Gasteiger partial charge in [0.25, 0.3) is 0 Å². The van der Waals surface area contributed by atoms with E-state index in [-0.39, 0.29) is 108 Å². The van der Waals surface area contributed by atoms with Gasteiger partial charge in [0.2, 0.25) is 23.6 Å². The van der Waals surface area contributed by atoms with Crippen LogP contribution >= 0.6 is 56.7 Å². The number of hydrogen-bond acceptors (Lipinski definition) is 24. The summed E-state index contributed by atoms with van der Waals surface area (Å²) in [7, 11) is 0. The maximum Gasteiger partial charge on any atom is 0.232 e. The summed E-state index contributed by atoms with van der Waals surface area (Å²) in [4.78, 5) is 42.2. The van der Waals surface area contributed by atoms with Crippen LogP contribution in [0.15, 0.2) is 22.3 Å². The molecule has 24 heteroatoms. The fraction of sp³-hybridized carbons (Fsp3) is 0.768. The molecule has 0 aliphatic carbocycles. The number of hydrogen-bond donors (Lipinski definition) is 0. The molecule has 136 heavy (non-hydrogen) atoms. The van der Waals surface area contributed by atoms with Gasteiger partial charge in [0.05, 0.1) is 54.2 Å². The van der Waals surface area contributed by atoms with Gasteiger partial charge >= 0.3 is 0 Å². The first kappa shape index (κ1) is 128. The summed E-state index contributed by atoms with van der Waals surface area (Å²) < 4.78 is 27.6. The van der Waals surface area contributed by atoms with Crippen molar-refractivity contribution in [2.45, 2.75) is 565 Å². The molecule has 0 atom stereocenters. The summed E-state index contributed by atoms with van der Waals surface area (Å²) >= 11 is 9.12. The van der Waals surface area contributed by atoms with E-state index in [4.69, 9.17) is 32.3 Å². The van der Waals surface area contributed by atoms with E-state index in [2.05, 4.69) is 504 Å². The molecule has 0 radical (unpaired) electrons. The Hall–Kier alpha value is -6.08. The Kier molecular flexibility index (Phi) is 42.6. The predicted molar refractivity (Wildman–Crippen MR) is 587 cm³/mol. The van der Waals surface area contributed by atoms with Crippen molar-refractivity contribution in [3.05, 3.63) is 142 Å². The van der Waals surface area contributed by atoms with E-state index in [1.165, 1.54) is 62.3 Å². The molecular weight excluding hydrogens is 1780 g/mol. The van der Waals surface area contributed by atoms with Gasteiger partial charge in [-0.15, -0.1) is 77.1 Å². The van der Waals surface area contributed by atoms with Gasteiger partial charge in [-0.05, 0) is 52.4 Å². The van der Waals surface area contributed by atoms with Crippen molar-refractivity contribution < 1.29 is 22.3 Å². The van der Waals surface area contributed by atoms with Crippen LogP contribution in [0.5, 0.6) is 0 Å².